The van der Waals surface area contributed by atoms with E-state index < -0.39 is 4.92 Å². The monoisotopic (exact) mass is 401 g/mol. The molecule has 3 aromatic carbocycles. The number of hydrogen-bond donors (Lipinski definition) is 1. The zero-order valence-corrected chi connectivity index (χ0v) is 16.5. The van der Waals surface area contributed by atoms with Gasteiger partial charge in [-0.1, -0.05) is 19.1 Å². The predicted octanol–water partition coefficient (Wildman–Crippen LogP) is 5.53. The summed E-state index contributed by atoms with van der Waals surface area (Å²) in [7, 11) is 0. The first-order valence-electron chi connectivity index (χ1n) is 9.51. The molecular weight excluding hydrogens is 382 g/mol. The van der Waals surface area contributed by atoms with E-state index in [2.05, 4.69) is 17.2 Å². The second kappa shape index (κ2) is 7.79. The molecule has 0 fully saturated rings. The second-order valence-electron chi connectivity index (χ2n) is 6.96. The number of nitro benzene ring substituents is 1. The van der Waals surface area contributed by atoms with Crippen molar-refractivity contribution in [2.45, 2.75) is 20.3 Å². The number of aryl methyl sites for hydroxylation is 2. The van der Waals surface area contributed by atoms with Crippen LogP contribution in [-0.4, -0.2) is 15.8 Å². The summed E-state index contributed by atoms with van der Waals surface area (Å²) < 4.78 is 5.84. The summed E-state index contributed by atoms with van der Waals surface area (Å²) in [6.45, 7) is 3.70. The summed E-state index contributed by atoms with van der Waals surface area (Å²) in [6.07, 6.45) is 0.963. The van der Waals surface area contributed by atoms with Gasteiger partial charge in [0.1, 0.15) is 5.52 Å². The molecule has 1 aromatic heterocycles. The lowest BCUT2D eigenvalue weighted by Gasteiger charge is -2.06. The van der Waals surface area contributed by atoms with Gasteiger partial charge in [-0.3, -0.25) is 14.9 Å². The average molecular weight is 401 g/mol. The lowest BCUT2D eigenvalue weighted by Crippen LogP contribution is -2.12. The third-order valence-corrected chi connectivity index (χ3v) is 4.91. The number of fused-ring (bicyclic) bond motifs is 1. The minimum absolute atomic E-state index is 0.0185. The van der Waals surface area contributed by atoms with Gasteiger partial charge in [0.15, 0.2) is 5.58 Å². The molecule has 7 nitrogen and oxygen atoms in total. The van der Waals surface area contributed by atoms with Crippen molar-refractivity contribution in [3.63, 3.8) is 0 Å². The van der Waals surface area contributed by atoms with Crippen molar-refractivity contribution in [2.24, 2.45) is 0 Å². The van der Waals surface area contributed by atoms with E-state index in [9.17, 15) is 14.9 Å². The maximum absolute atomic E-state index is 12.5. The van der Waals surface area contributed by atoms with Crippen molar-refractivity contribution in [3.05, 3.63) is 87.5 Å². The number of oxazole rings is 1. The fourth-order valence-corrected chi connectivity index (χ4v) is 3.22. The Morgan fingerprint density at radius 1 is 1.10 bits per heavy atom. The summed E-state index contributed by atoms with van der Waals surface area (Å²) in [5.41, 5.74) is 4.68. The van der Waals surface area contributed by atoms with E-state index in [0.29, 0.717) is 33.8 Å². The first-order chi connectivity index (χ1) is 14.4. The van der Waals surface area contributed by atoms with Gasteiger partial charge >= 0.3 is 0 Å². The van der Waals surface area contributed by atoms with E-state index in [4.69, 9.17) is 4.42 Å². The minimum atomic E-state index is -0.469. The Hall–Kier alpha value is -4.00. The first-order valence-corrected chi connectivity index (χ1v) is 9.51. The van der Waals surface area contributed by atoms with Crippen LogP contribution in [0.4, 0.5) is 11.4 Å². The highest BCUT2D eigenvalue weighted by Gasteiger charge is 2.15. The standard InChI is InChI=1S/C23H19N3O4/c1-3-15-4-6-16(7-5-15)23-25-19-13-18(9-11-21(19)30-23)24-22(27)17-8-10-20(26(28)29)14(2)12-17/h4-13H,3H2,1-2H3,(H,24,27). The Morgan fingerprint density at radius 3 is 2.53 bits per heavy atom. The zero-order chi connectivity index (χ0) is 21.3. The first kappa shape index (κ1) is 19.3. The number of nitrogens with zero attached hydrogens (tertiary/aromatic N) is 2. The summed E-state index contributed by atoms with van der Waals surface area (Å²) in [5, 5.41) is 13.7. The summed E-state index contributed by atoms with van der Waals surface area (Å²) in [6, 6.07) is 17.5. The lowest BCUT2D eigenvalue weighted by atomic mass is 10.1. The predicted molar refractivity (Wildman–Crippen MR) is 115 cm³/mol. The number of nitrogens with one attached hydrogen (secondary N) is 1. The molecular formula is C23H19N3O4. The Labute approximate surface area is 172 Å². The van der Waals surface area contributed by atoms with Crippen LogP contribution in [0.25, 0.3) is 22.6 Å². The topological polar surface area (TPSA) is 98.3 Å². The van der Waals surface area contributed by atoms with E-state index in [1.54, 1.807) is 25.1 Å². The molecule has 0 spiro atoms. The van der Waals surface area contributed by atoms with Gasteiger partial charge in [-0.15, -0.1) is 0 Å². The van der Waals surface area contributed by atoms with Crippen LogP contribution in [0.5, 0.6) is 0 Å². The van der Waals surface area contributed by atoms with Gasteiger partial charge in [0.25, 0.3) is 11.6 Å². The smallest absolute Gasteiger partial charge is 0.272 e. The number of carbonyl (C=O) groups excluding carboxylic acids is 1. The largest absolute Gasteiger partial charge is 0.436 e. The molecule has 0 aliphatic rings. The SMILES string of the molecule is CCc1ccc(-c2nc3cc(NC(=O)c4ccc([N+](=O)[O-])c(C)c4)ccc3o2)cc1. The van der Waals surface area contributed by atoms with Gasteiger partial charge in [-0.05, 0) is 61.4 Å². The van der Waals surface area contributed by atoms with Gasteiger partial charge in [0, 0.05) is 28.4 Å². The average Bonchev–Trinajstić information content (AvgIpc) is 3.17. The van der Waals surface area contributed by atoms with E-state index in [-0.39, 0.29) is 11.6 Å². The molecule has 150 valence electrons. The highest BCUT2D eigenvalue weighted by molar-refractivity contribution is 6.05. The highest BCUT2D eigenvalue weighted by atomic mass is 16.6. The number of rotatable bonds is 5. The second-order valence-corrected chi connectivity index (χ2v) is 6.96. The molecule has 1 N–H and O–H groups in total. The van der Waals surface area contributed by atoms with Crippen LogP contribution < -0.4 is 5.32 Å². The Bertz CT molecular complexity index is 1260. The number of aromatic nitrogens is 1. The molecule has 4 aromatic rings. The van der Waals surface area contributed by atoms with Crippen LogP contribution >= 0.6 is 0 Å². The molecule has 7 heteroatoms. The van der Waals surface area contributed by atoms with E-state index in [1.807, 2.05) is 24.3 Å². The third kappa shape index (κ3) is 3.77. The van der Waals surface area contributed by atoms with Crippen LogP contribution in [0.1, 0.15) is 28.4 Å². The third-order valence-electron chi connectivity index (χ3n) is 4.91. The highest BCUT2D eigenvalue weighted by Crippen LogP contribution is 2.27. The molecule has 0 unspecified atom stereocenters. The Kier molecular flexibility index (Phi) is 5.02. The Morgan fingerprint density at radius 2 is 1.87 bits per heavy atom. The summed E-state index contributed by atoms with van der Waals surface area (Å²) >= 11 is 0. The van der Waals surface area contributed by atoms with Gasteiger partial charge in [-0.2, -0.15) is 0 Å². The van der Waals surface area contributed by atoms with Crippen LogP contribution in [0.2, 0.25) is 0 Å². The minimum Gasteiger partial charge on any atom is -0.436 e. The normalized spacial score (nSPS) is 10.9. The molecule has 0 radical (unpaired) electrons. The molecule has 0 bridgehead atoms. The quantitative estimate of drug-likeness (QED) is 0.350. The fraction of sp³-hybridized carbons (Fsp3) is 0.130. The molecule has 0 saturated heterocycles. The molecule has 0 saturated carbocycles. The summed E-state index contributed by atoms with van der Waals surface area (Å²) in [4.78, 5) is 27.6. The van der Waals surface area contributed by atoms with E-state index in [0.717, 1.165) is 12.0 Å². The molecule has 4 rings (SSSR count). The lowest BCUT2D eigenvalue weighted by molar-refractivity contribution is -0.385. The molecule has 0 aliphatic heterocycles. The van der Waals surface area contributed by atoms with Crippen molar-refractivity contribution in [1.29, 1.82) is 0 Å². The van der Waals surface area contributed by atoms with Crippen LogP contribution in [-0.2, 0) is 6.42 Å². The summed E-state index contributed by atoms with van der Waals surface area (Å²) in [5.74, 6) is 0.161. The number of carbonyl (C=O) groups is 1. The van der Waals surface area contributed by atoms with Gasteiger partial charge < -0.3 is 9.73 Å². The Balaban J connectivity index is 1.57. The van der Waals surface area contributed by atoms with Crippen molar-refractivity contribution < 1.29 is 14.1 Å². The molecule has 0 atom stereocenters. The van der Waals surface area contributed by atoms with Crippen molar-refractivity contribution in [3.8, 4) is 11.5 Å². The van der Waals surface area contributed by atoms with Gasteiger partial charge in [0.2, 0.25) is 5.89 Å². The molecule has 1 amide bonds. The zero-order valence-electron chi connectivity index (χ0n) is 16.5. The number of anilines is 1. The molecule has 0 aliphatic carbocycles. The maximum atomic E-state index is 12.5. The fourth-order valence-electron chi connectivity index (χ4n) is 3.22. The van der Waals surface area contributed by atoms with Crippen LogP contribution in [0, 0.1) is 17.0 Å². The number of hydrogen-bond acceptors (Lipinski definition) is 5. The molecule has 1 heterocycles. The number of benzene rings is 3. The number of amides is 1. The van der Waals surface area contributed by atoms with Crippen LogP contribution in [0.15, 0.2) is 65.1 Å². The van der Waals surface area contributed by atoms with Gasteiger partial charge in [-0.25, -0.2) is 4.98 Å². The molecule has 30 heavy (non-hydrogen) atoms. The van der Waals surface area contributed by atoms with Gasteiger partial charge in [0.05, 0.1) is 4.92 Å². The van der Waals surface area contributed by atoms with Crippen molar-refractivity contribution in [2.75, 3.05) is 5.32 Å². The number of nitro groups is 1. The van der Waals surface area contributed by atoms with Crippen LogP contribution in [0.3, 0.4) is 0 Å². The van der Waals surface area contributed by atoms with E-state index >= 15 is 0 Å². The van der Waals surface area contributed by atoms with Crippen molar-refractivity contribution >= 4 is 28.4 Å². The maximum Gasteiger partial charge on any atom is 0.272 e. The van der Waals surface area contributed by atoms with E-state index in [1.165, 1.54) is 23.8 Å². The van der Waals surface area contributed by atoms with Crippen molar-refractivity contribution in [1.82, 2.24) is 4.98 Å².